The molecular weight excluding hydrogens is 442 g/mol. The predicted molar refractivity (Wildman–Crippen MR) is 137 cm³/mol. The first-order valence-corrected chi connectivity index (χ1v) is 12.4. The number of nitrogens with zero attached hydrogens (tertiary/aromatic N) is 5. The van der Waals surface area contributed by atoms with Crippen molar-refractivity contribution in [2.24, 2.45) is 0 Å². The van der Waals surface area contributed by atoms with Gasteiger partial charge in [-0.15, -0.1) is 10.2 Å². The molecule has 0 unspecified atom stereocenters. The van der Waals surface area contributed by atoms with Crippen molar-refractivity contribution in [1.29, 1.82) is 0 Å². The third-order valence-corrected chi connectivity index (χ3v) is 6.72. The van der Waals surface area contributed by atoms with E-state index in [1.54, 1.807) is 37.0 Å². The highest BCUT2D eigenvalue weighted by molar-refractivity contribution is 7.98. The molecule has 0 atom stereocenters. The summed E-state index contributed by atoms with van der Waals surface area (Å²) in [7, 11) is 3.52. The zero-order valence-corrected chi connectivity index (χ0v) is 20.8. The van der Waals surface area contributed by atoms with Gasteiger partial charge in [-0.1, -0.05) is 55.9 Å². The van der Waals surface area contributed by atoms with Crippen molar-refractivity contribution in [3.63, 3.8) is 0 Å². The smallest absolute Gasteiger partial charge is 0.253 e. The van der Waals surface area contributed by atoms with Gasteiger partial charge in [0.15, 0.2) is 11.0 Å². The highest BCUT2D eigenvalue weighted by atomic mass is 32.2. The van der Waals surface area contributed by atoms with Crippen molar-refractivity contribution >= 4 is 17.7 Å². The van der Waals surface area contributed by atoms with Crippen molar-refractivity contribution in [1.82, 2.24) is 24.6 Å². The van der Waals surface area contributed by atoms with Gasteiger partial charge in [-0.3, -0.25) is 14.3 Å². The molecule has 0 aliphatic heterocycles. The fourth-order valence-corrected chi connectivity index (χ4v) is 4.79. The first-order valence-electron chi connectivity index (χ1n) is 11.4. The minimum atomic E-state index is 0.00308. The fraction of sp³-hybridized carbons (Fsp3) is 0.259. The molecule has 4 rings (SSSR count). The Morgan fingerprint density at radius 1 is 0.941 bits per heavy atom. The molecule has 0 aliphatic carbocycles. The molecular formula is C27H29N5OS. The minimum Gasteiger partial charge on any atom is -0.345 e. The maximum absolute atomic E-state index is 12.2. The second-order valence-corrected chi connectivity index (χ2v) is 9.14. The first kappa shape index (κ1) is 23.7. The Morgan fingerprint density at radius 3 is 2.24 bits per heavy atom. The number of hydrogen-bond donors (Lipinski definition) is 0. The van der Waals surface area contributed by atoms with E-state index in [0.29, 0.717) is 5.56 Å². The minimum absolute atomic E-state index is 0.00308. The molecule has 0 aliphatic rings. The van der Waals surface area contributed by atoms with E-state index in [-0.39, 0.29) is 5.91 Å². The molecule has 0 spiro atoms. The third kappa shape index (κ3) is 4.89. The van der Waals surface area contributed by atoms with Crippen molar-refractivity contribution in [2.75, 3.05) is 14.1 Å². The summed E-state index contributed by atoms with van der Waals surface area (Å²) >= 11 is 1.64. The van der Waals surface area contributed by atoms with E-state index >= 15 is 0 Å². The summed E-state index contributed by atoms with van der Waals surface area (Å²) in [5.74, 6) is 1.51. The number of para-hydroxylation sites is 1. The van der Waals surface area contributed by atoms with E-state index in [4.69, 9.17) is 0 Å². The molecule has 1 amide bonds. The van der Waals surface area contributed by atoms with Gasteiger partial charge < -0.3 is 4.90 Å². The van der Waals surface area contributed by atoms with Gasteiger partial charge in [-0.2, -0.15) is 0 Å². The summed E-state index contributed by atoms with van der Waals surface area (Å²) in [6.45, 7) is 4.35. The standard InChI is InChI=1S/C27H29N5OS/c1-5-20-9-7-10-21(6-2)24(20)32-25(23-11-8-16-28-17-23)29-30-27(32)34-18-19-12-14-22(15-13-19)26(33)31(3)4/h7-17H,5-6,18H2,1-4H3. The van der Waals surface area contributed by atoms with Crippen molar-refractivity contribution < 1.29 is 4.79 Å². The average molecular weight is 472 g/mol. The van der Waals surface area contributed by atoms with E-state index in [0.717, 1.165) is 46.4 Å². The van der Waals surface area contributed by atoms with Crippen LogP contribution in [0.4, 0.5) is 0 Å². The predicted octanol–water partition coefficient (Wildman–Crippen LogP) is 5.45. The van der Waals surface area contributed by atoms with Gasteiger partial charge in [0.05, 0.1) is 5.69 Å². The Hall–Kier alpha value is -3.45. The molecule has 0 bridgehead atoms. The summed E-state index contributed by atoms with van der Waals surface area (Å²) in [5.41, 5.74) is 6.42. The fourth-order valence-electron chi connectivity index (χ4n) is 3.90. The molecule has 6 nitrogen and oxygen atoms in total. The highest BCUT2D eigenvalue weighted by Crippen LogP contribution is 2.33. The second-order valence-electron chi connectivity index (χ2n) is 8.20. The van der Waals surface area contributed by atoms with Crippen LogP contribution in [0.2, 0.25) is 0 Å². The zero-order valence-electron chi connectivity index (χ0n) is 20.0. The van der Waals surface area contributed by atoms with Gasteiger partial charge in [0.2, 0.25) is 0 Å². The quantitative estimate of drug-likeness (QED) is 0.320. The number of carbonyl (C=O) groups is 1. The molecule has 2 aromatic heterocycles. The topological polar surface area (TPSA) is 63.9 Å². The SMILES string of the molecule is CCc1cccc(CC)c1-n1c(SCc2ccc(C(=O)N(C)C)cc2)nnc1-c1cccnc1. The number of pyridine rings is 1. The van der Waals surface area contributed by atoms with Crippen LogP contribution in [0.5, 0.6) is 0 Å². The maximum atomic E-state index is 12.2. The lowest BCUT2D eigenvalue weighted by Crippen LogP contribution is -2.21. The second kappa shape index (κ2) is 10.7. The largest absolute Gasteiger partial charge is 0.345 e. The van der Waals surface area contributed by atoms with E-state index in [1.807, 2.05) is 42.6 Å². The first-order chi connectivity index (χ1) is 16.5. The Labute approximate surface area is 205 Å². The van der Waals surface area contributed by atoms with E-state index in [9.17, 15) is 4.79 Å². The molecule has 4 aromatic rings. The molecule has 0 saturated carbocycles. The van der Waals surface area contributed by atoms with E-state index in [1.165, 1.54) is 11.1 Å². The summed E-state index contributed by atoms with van der Waals surface area (Å²) in [4.78, 5) is 18.1. The van der Waals surface area contributed by atoms with Crippen molar-refractivity contribution in [3.8, 4) is 17.1 Å². The van der Waals surface area contributed by atoms with Gasteiger partial charge >= 0.3 is 0 Å². The van der Waals surface area contributed by atoms with Crippen LogP contribution in [0.3, 0.4) is 0 Å². The summed E-state index contributed by atoms with van der Waals surface area (Å²) in [6, 6.07) is 18.2. The lowest BCUT2D eigenvalue weighted by atomic mass is 10.0. The van der Waals surface area contributed by atoms with Gasteiger partial charge in [0.25, 0.3) is 5.91 Å². The number of carbonyl (C=O) groups excluding carboxylic acids is 1. The molecule has 7 heteroatoms. The summed E-state index contributed by atoms with van der Waals surface area (Å²) in [5, 5.41) is 10.0. The normalized spacial score (nSPS) is 10.9. The van der Waals surface area contributed by atoms with Gasteiger partial charge in [-0.05, 0) is 53.8 Å². The molecule has 0 radical (unpaired) electrons. The monoisotopic (exact) mass is 471 g/mol. The number of amides is 1. The molecule has 0 fully saturated rings. The number of aryl methyl sites for hydroxylation is 2. The molecule has 0 saturated heterocycles. The van der Waals surface area contributed by atoms with Gasteiger partial charge in [0, 0.05) is 43.4 Å². The third-order valence-electron chi connectivity index (χ3n) is 5.72. The number of benzene rings is 2. The molecule has 0 N–H and O–H groups in total. The van der Waals surface area contributed by atoms with Gasteiger partial charge in [0.1, 0.15) is 0 Å². The van der Waals surface area contributed by atoms with Crippen LogP contribution in [0.25, 0.3) is 17.1 Å². The molecule has 34 heavy (non-hydrogen) atoms. The molecule has 2 aromatic carbocycles. The van der Waals surface area contributed by atoms with Crippen LogP contribution < -0.4 is 0 Å². The number of hydrogen-bond acceptors (Lipinski definition) is 5. The van der Waals surface area contributed by atoms with Gasteiger partial charge in [-0.25, -0.2) is 0 Å². The molecule has 174 valence electrons. The van der Waals surface area contributed by atoms with Crippen molar-refractivity contribution in [2.45, 2.75) is 37.6 Å². The molecule has 2 heterocycles. The lowest BCUT2D eigenvalue weighted by molar-refractivity contribution is 0.0827. The number of rotatable bonds is 8. The van der Waals surface area contributed by atoms with Crippen LogP contribution in [0.15, 0.2) is 72.1 Å². The Bertz CT molecular complexity index is 1240. The van der Waals surface area contributed by atoms with Crippen LogP contribution in [0, 0.1) is 0 Å². The summed E-state index contributed by atoms with van der Waals surface area (Å²) in [6.07, 6.45) is 5.43. The van der Waals surface area contributed by atoms with Crippen LogP contribution in [0.1, 0.15) is 40.9 Å². The zero-order chi connectivity index (χ0) is 24.1. The van der Waals surface area contributed by atoms with Crippen LogP contribution >= 0.6 is 11.8 Å². The average Bonchev–Trinajstić information content (AvgIpc) is 3.30. The highest BCUT2D eigenvalue weighted by Gasteiger charge is 2.20. The maximum Gasteiger partial charge on any atom is 0.253 e. The van der Waals surface area contributed by atoms with E-state index in [2.05, 4.69) is 51.8 Å². The Balaban J connectivity index is 1.72. The lowest BCUT2D eigenvalue weighted by Gasteiger charge is -2.18. The Kier molecular flexibility index (Phi) is 7.43. The van der Waals surface area contributed by atoms with Crippen molar-refractivity contribution in [3.05, 3.63) is 89.2 Å². The number of aromatic nitrogens is 4. The van der Waals surface area contributed by atoms with E-state index < -0.39 is 0 Å². The summed E-state index contributed by atoms with van der Waals surface area (Å²) < 4.78 is 2.18. The number of thioether (sulfide) groups is 1. The van der Waals surface area contributed by atoms with Crippen LogP contribution in [-0.4, -0.2) is 44.7 Å². The Morgan fingerprint density at radius 2 is 1.65 bits per heavy atom. The van der Waals surface area contributed by atoms with Crippen LogP contribution in [-0.2, 0) is 18.6 Å².